The van der Waals surface area contributed by atoms with E-state index in [1.165, 1.54) is 0 Å². The van der Waals surface area contributed by atoms with Gasteiger partial charge in [0.05, 0.1) is 5.92 Å². The number of carbonyl (C=O) groups excluding carboxylic acids is 1. The molecule has 0 spiro atoms. The Morgan fingerprint density at radius 1 is 1.42 bits per heavy atom. The number of esters is 1. The van der Waals surface area contributed by atoms with Gasteiger partial charge in [-0.15, -0.1) is 0 Å². The van der Waals surface area contributed by atoms with E-state index in [1.807, 2.05) is 0 Å². The van der Waals surface area contributed by atoms with Gasteiger partial charge in [0.15, 0.2) is 0 Å². The number of carbonyl (C=O) groups is 1. The van der Waals surface area contributed by atoms with Crippen LogP contribution in [0, 0.1) is 5.92 Å². The van der Waals surface area contributed by atoms with Crippen molar-refractivity contribution < 1.29 is 9.53 Å². The van der Waals surface area contributed by atoms with Crippen molar-refractivity contribution in [2.75, 3.05) is 0 Å². The van der Waals surface area contributed by atoms with Gasteiger partial charge in [-0.2, -0.15) is 0 Å². The lowest BCUT2D eigenvalue weighted by molar-refractivity contribution is -0.160. The maximum atomic E-state index is 11.3. The molecule has 2 nitrogen and oxygen atoms in total. The molecular formula is C10H18O2. The molecule has 1 aliphatic rings. The normalized spacial score (nSPS) is 30.0. The predicted molar refractivity (Wildman–Crippen MR) is 47.8 cm³/mol. The zero-order valence-corrected chi connectivity index (χ0v) is 8.01. The third kappa shape index (κ3) is 2.23. The average Bonchev–Trinajstić information content (AvgIpc) is 2.09. The first-order chi connectivity index (χ1) is 5.77. The first kappa shape index (κ1) is 9.56. The quantitative estimate of drug-likeness (QED) is 0.608. The molecule has 1 heterocycles. The van der Waals surface area contributed by atoms with Gasteiger partial charge in [-0.25, -0.2) is 0 Å². The molecule has 0 aliphatic carbocycles. The Kier molecular flexibility index (Phi) is 3.57. The molecule has 0 bridgehead atoms. The van der Waals surface area contributed by atoms with Gasteiger partial charge < -0.3 is 4.74 Å². The number of ether oxygens (including phenoxy) is 1. The van der Waals surface area contributed by atoms with Gasteiger partial charge in [-0.1, -0.05) is 20.3 Å². The highest BCUT2D eigenvalue weighted by Crippen LogP contribution is 2.25. The van der Waals surface area contributed by atoms with E-state index >= 15 is 0 Å². The molecule has 0 unspecified atom stereocenters. The maximum Gasteiger partial charge on any atom is 0.309 e. The standard InChI is InChI=1S/C10H18O2/c1-3-5-8-6-7-9(4-2)12-10(8)11/h8-9H,3-7H2,1-2H3/t8-,9+/m1/s1. The van der Waals surface area contributed by atoms with Crippen molar-refractivity contribution in [2.45, 2.75) is 52.1 Å². The lowest BCUT2D eigenvalue weighted by Crippen LogP contribution is -2.30. The minimum absolute atomic E-state index is 0.0370. The van der Waals surface area contributed by atoms with Crippen LogP contribution in [-0.2, 0) is 9.53 Å². The second-order valence-electron chi connectivity index (χ2n) is 3.53. The number of rotatable bonds is 3. The average molecular weight is 170 g/mol. The number of cyclic esters (lactones) is 1. The Labute approximate surface area is 74.3 Å². The highest BCUT2D eigenvalue weighted by Gasteiger charge is 2.27. The fourth-order valence-electron chi connectivity index (χ4n) is 1.72. The zero-order chi connectivity index (χ0) is 8.97. The van der Waals surface area contributed by atoms with E-state index in [-0.39, 0.29) is 18.0 Å². The summed E-state index contributed by atoms with van der Waals surface area (Å²) in [4.78, 5) is 11.3. The van der Waals surface area contributed by atoms with Crippen LogP contribution < -0.4 is 0 Å². The Balaban J connectivity index is 2.37. The van der Waals surface area contributed by atoms with Gasteiger partial charge in [-0.3, -0.25) is 4.79 Å². The Hall–Kier alpha value is -0.530. The Morgan fingerprint density at radius 2 is 2.17 bits per heavy atom. The summed E-state index contributed by atoms with van der Waals surface area (Å²) >= 11 is 0. The van der Waals surface area contributed by atoms with Crippen molar-refractivity contribution in [2.24, 2.45) is 5.92 Å². The summed E-state index contributed by atoms with van der Waals surface area (Å²) in [5, 5.41) is 0. The van der Waals surface area contributed by atoms with E-state index in [2.05, 4.69) is 13.8 Å². The van der Waals surface area contributed by atoms with Gasteiger partial charge in [0.2, 0.25) is 0 Å². The SMILES string of the molecule is CCC[C@@H]1CC[C@H](CC)OC1=O. The summed E-state index contributed by atoms with van der Waals surface area (Å²) in [7, 11) is 0. The smallest absolute Gasteiger partial charge is 0.309 e. The van der Waals surface area contributed by atoms with Crippen LogP contribution in [0.2, 0.25) is 0 Å². The molecule has 0 aromatic rings. The van der Waals surface area contributed by atoms with E-state index in [1.54, 1.807) is 0 Å². The summed E-state index contributed by atoms with van der Waals surface area (Å²) in [6, 6.07) is 0. The van der Waals surface area contributed by atoms with Crippen LogP contribution >= 0.6 is 0 Å². The lowest BCUT2D eigenvalue weighted by Gasteiger charge is -2.27. The zero-order valence-electron chi connectivity index (χ0n) is 8.01. The van der Waals surface area contributed by atoms with Gasteiger partial charge in [0.25, 0.3) is 0 Å². The van der Waals surface area contributed by atoms with Crippen LogP contribution in [0.5, 0.6) is 0 Å². The molecule has 0 saturated carbocycles. The molecule has 0 amide bonds. The summed E-state index contributed by atoms with van der Waals surface area (Å²) < 4.78 is 5.26. The van der Waals surface area contributed by atoms with Crippen molar-refractivity contribution in [1.82, 2.24) is 0 Å². The molecule has 1 fully saturated rings. The molecule has 2 heteroatoms. The first-order valence-corrected chi connectivity index (χ1v) is 4.98. The van der Waals surface area contributed by atoms with E-state index in [0.717, 1.165) is 32.1 Å². The highest BCUT2D eigenvalue weighted by atomic mass is 16.5. The molecule has 0 aromatic heterocycles. The molecular weight excluding hydrogens is 152 g/mol. The van der Waals surface area contributed by atoms with Gasteiger partial charge in [0.1, 0.15) is 6.10 Å². The van der Waals surface area contributed by atoms with Gasteiger partial charge in [-0.05, 0) is 25.7 Å². The first-order valence-electron chi connectivity index (χ1n) is 4.98. The molecule has 12 heavy (non-hydrogen) atoms. The molecule has 70 valence electrons. The van der Waals surface area contributed by atoms with Crippen molar-refractivity contribution in [3.05, 3.63) is 0 Å². The third-order valence-electron chi connectivity index (χ3n) is 2.55. The molecule has 1 saturated heterocycles. The molecule has 1 aliphatic heterocycles. The Bertz CT molecular complexity index is 154. The second-order valence-corrected chi connectivity index (χ2v) is 3.53. The highest BCUT2D eigenvalue weighted by molar-refractivity contribution is 5.73. The fourth-order valence-corrected chi connectivity index (χ4v) is 1.72. The van der Waals surface area contributed by atoms with Crippen LogP contribution in [0.25, 0.3) is 0 Å². The van der Waals surface area contributed by atoms with Crippen LogP contribution in [0.15, 0.2) is 0 Å². The van der Waals surface area contributed by atoms with Crippen LogP contribution in [0.4, 0.5) is 0 Å². The third-order valence-corrected chi connectivity index (χ3v) is 2.55. The molecule has 2 atom stereocenters. The summed E-state index contributed by atoms with van der Waals surface area (Å²) in [6.07, 6.45) is 5.33. The minimum atomic E-state index is 0.0370. The molecule has 0 radical (unpaired) electrons. The van der Waals surface area contributed by atoms with E-state index < -0.39 is 0 Å². The van der Waals surface area contributed by atoms with E-state index in [9.17, 15) is 4.79 Å². The topological polar surface area (TPSA) is 26.3 Å². The summed E-state index contributed by atoms with van der Waals surface area (Å²) in [5.74, 6) is 0.229. The van der Waals surface area contributed by atoms with Gasteiger partial charge >= 0.3 is 5.97 Å². The number of hydrogen-bond donors (Lipinski definition) is 0. The minimum Gasteiger partial charge on any atom is -0.462 e. The monoisotopic (exact) mass is 170 g/mol. The van der Waals surface area contributed by atoms with E-state index in [4.69, 9.17) is 4.74 Å². The maximum absolute atomic E-state index is 11.3. The molecule has 1 rings (SSSR count). The van der Waals surface area contributed by atoms with Crippen molar-refractivity contribution in [3.8, 4) is 0 Å². The predicted octanol–water partition coefficient (Wildman–Crippen LogP) is 2.52. The lowest BCUT2D eigenvalue weighted by atomic mass is 9.93. The molecule has 0 N–H and O–H groups in total. The van der Waals surface area contributed by atoms with Crippen molar-refractivity contribution >= 4 is 5.97 Å². The van der Waals surface area contributed by atoms with Crippen LogP contribution in [0.3, 0.4) is 0 Å². The largest absolute Gasteiger partial charge is 0.462 e. The van der Waals surface area contributed by atoms with Crippen molar-refractivity contribution in [3.63, 3.8) is 0 Å². The fraction of sp³-hybridized carbons (Fsp3) is 0.900. The number of hydrogen-bond acceptors (Lipinski definition) is 2. The van der Waals surface area contributed by atoms with Crippen LogP contribution in [0.1, 0.15) is 46.0 Å². The van der Waals surface area contributed by atoms with Gasteiger partial charge in [0, 0.05) is 0 Å². The molecule has 0 aromatic carbocycles. The summed E-state index contributed by atoms with van der Waals surface area (Å²) in [6.45, 7) is 4.18. The van der Waals surface area contributed by atoms with Crippen LogP contribution in [-0.4, -0.2) is 12.1 Å². The Morgan fingerprint density at radius 3 is 2.67 bits per heavy atom. The van der Waals surface area contributed by atoms with Crippen molar-refractivity contribution in [1.29, 1.82) is 0 Å². The second kappa shape index (κ2) is 4.48. The summed E-state index contributed by atoms with van der Waals surface area (Å²) in [5.41, 5.74) is 0. The van der Waals surface area contributed by atoms with E-state index in [0.29, 0.717) is 0 Å².